The molecule has 0 saturated heterocycles. The second-order valence-electron chi connectivity index (χ2n) is 8.07. The normalized spacial score (nSPS) is 12.2. The number of rotatable bonds is 6. The van der Waals surface area contributed by atoms with Crippen LogP contribution in [-0.2, 0) is 26.8 Å². The first-order chi connectivity index (χ1) is 13.3. The number of aryl methyl sites for hydroxylation is 1. The third-order valence-electron chi connectivity index (χ3n) is 4.31. The van der Waals surface area contributed by atoms with Crippen molar-refractivity contribution >= 4 is 39.3 Å². The van der Waals surface area contributed by atoms with E-state index in [2.05, 4.69) is 42.9 Å². The van der Waals surface area contributed by atoms with E-state index in [0.717, 1.165) is 17.4 Å². The minimum Gasteiger partial charge on any atom is -0.348 e. The van der Waals surface area contributed by atoms with Gasteiger partial charge in [0, 0.05) is 12.6 Å². The summed E-state index contributed by atoms with van der Waals surface area (Å²) in [7, 11) is -3.42. The molecular weight excluding hydrogens is 408 g/mol. The van der Waals surface area contributed by atoms with Crippen LogP contribution in [0.15, 0.2) is 42.5 Å². The van der Waals surface area contributed by atoms with E-state index in [-0.39, 0.29) is 22.9 Å². The summed E-state index contributed by atoms with van der Waals surface area (Å²) in [6.45, 7) is 8.51. The van der Waals surface area contributed by atoms with Crippen molar-refractivity contribution in [1.29, 1.82) is 0 Å². The second-order valence-corrected chi connectivity index (χ2v) is 10.2. The molecule has 7 heteroatoms. The molecule has 2 rings (SSSR count). The molecule has 2 aromatic carbocycles. The molecule has 0 bridgehead atoms. The number of amides is 1. The number of anilines is 1. The molecule has 0 saturated carbocycles. The number of sulfonamides is 1. The zero-order chi connectivity index (χ0) is 21.8. The average Bonchev–Trinajstić information content (AvgIpc) is 2.60. The monoisotopic (exact) mass is 434 g/mol. The van der Waals surface area contributed by atoms with Crippen LogP contribution >= 0.6 is 11.6 Å². The van der Waals surface area contributed by atoms with Crippen LogP contribution in [-0.4, -0.2) is 20.6 Å². The van der Waals surface area contributed by atoms with Crippen molar-refractivity contribution in [3.05, 3.63) is 69.8 Å². The highest BCUT2D eigenvalue weighted by atomic mass is 35.5. The van der Waals surface area contributed by atoms with E-state index in [9.17, 15) is 13.2 Å². The summed E-state index contributed by atoms with van der Waals surface area (Å²) in [6.07, 6.45) is 4.32. The zero-order valence-electron chi connectivity index (χ0n) is 17.3. The first-order valence-electron chi connectivity index (χ1n) is 9.18. The number of benzene rings is 2. The van der Waals surface area contributed by atoms with Gasteiger partial charge in [0.15, 0.2) is 0 Å². The highest BCUT2D eigenvalue weighted by Crippen LogP contribution is 2.28. The SMILES string of the molecule is Cc1cc(CNC(=O)C=Cc2ccc(C(C)(C)C)cc2)cc(Cl)c1NS(C)(=O)=O. The number of nitrogens with one attached hydrogen (secondary N) is 2. The third kappa shape index (κ3) is 7.22. The molecule has 156 valence electrons. The summed E-state index contributed by atoms with van der Waals surface area (Å²) in [4.78, 5) is 12.1. The maximum Gasteiger partial charge on any atom is 0.244 e. The molecule has 0 unspecified atom stereocenters. The Balaban J connectivity index is 1.99. The summed E-state index contributed by atoms with van der Waals surface area (Å²) in [6, 6.07) is 11.5. The lowest BCUT2D eigenvalue weighted by molar-refractivity contribution is -0.116. The van der Waals surface area contributed by atoms with Crippen LogP contribution in [0.3, 0.4) is 0 Å². The van der Waals surface area contributed by atoms with Gasteiger partial charge in [-0.05, 0) is 46.7 Å². The van der Waals surface area contributed by atoms with Crippen molar-refractivity contribution < 1.29 is 13.2 Å². The molecule has 0 atom stereocenters. The topological polar surface area (TPSA) is 75.3 Å². The molecule has 2 aromatic rings. The minimum absolute atomic E-state index is 0.0887. The molecule has 0 fully saturated rings. The molecule has 0 aliphatic heterocycles. The second kappa shape index (κ2) is 9.01. The Hall–Kier alpha value is -2.31. The van der Waals surface area contributed by atoms with Crippen molar-refractivity contribution in [3.8, 4) is 0 Å². The fourth-order valence-electron chi connectivity index (χ4n) is 2.75. The molecule has 2 N–H and O–H groups in total. The fourth-order valence-corrected chi connectivity index (χ4v) is 3.78. The van der Waals surface area contributed by atoms with Crippen LogP contribution in [0.1, 0.15) is 43.0 Å². The Labute approximate surface area is 178 Å². The lowest BCUT2D eigenvalue weighted by Crippen LogP contribution is -2.20. The third-order valence-corrected chi connectivity index (χ3v) is 5.18. The largest absolute Gasteiger partial charge is 0.348 e. The van der Waals surface area contributed by atoms with E-state index in [1.807, 2.05) is 12.1 Å². The van der Waals surface area contributed by atoms with Crippen LogP contribution in [0, 0.1) is 6.92 Å². The highest BCUT2D eigenvalue weighted by Gasteiger charge is 2.13. The molecule has 0 radical (unpaired) electrons. The van der Waals surface area contributed by atoms with Gasteiger partial charge in [-0.25, -0.2) is 8.42 Å². The van der Waals surface area contributed by atoms with E-state index in [4.69, 9.17) is 11.6 Å². The lowest BCUT2D eigenvalue weighted by atomic mass is 9.87. The Kier molecular flexibility index (Phi) is 7.14. The van der Waals surface area contributed by atoms with E-state index >= 15 is 0 Å². The minimum atomic E-state index is -3.42. The van der Waals surface area contributed by atoms with Crippen molar-refractivity contribution in [2.75, 3.05) is 11.0 Å². The van der Waals surface area contributed by atoms with Gasteiger partial charge in [0.1, 0.15) is 0 Å². The Morgan fingerprint density at radius 3 is 2.28 bits per heavy atom. The van der Waals surface area contributed by atoms with Crippen LogP contribution in [0.4, 0.5) is 5.69 Å². The number of hydrogen-bond acceptors (Lipinski definition) is 3. The van der Waals surface area contributed by atoms with Crippen molar-refractivity contribution in [3.63, 3.8) is 0 Å². The van der Waals surface area contributed by atoms with Crippen molar-refractivity contribution in [2.45, 2.75) is 39.7 Å². The zero-order valence-corrected chi connectivity index (χ0v) is 18.9. The van der Waals surface area contributed by atoms with Crippen LogP contribution in [0.25, 0.3) is 6.08 Å². The maximum atomic E-state index is 12.1. The summed E-state index contributed by atoms with van der Waals surface area (Å²) in [5.74, 6) is -0.225. The number of hydrogen-bond donors (Lipinski definition) is 2. The van der Waals surface area contributed by atoms with Crippen LogP contribution in [0.2, 0.25) is 5.02 Å². The van der Waals surface area contributed by atoms with E-state index in [1.54, 1.807) is 25.1 Å². The first-order valence-corrected chi connectivity index (χ1v) is 11.5. The molecule has 29 heavy (non-hydrogen) atoms. The highest BCUT2D eigenvalue weighted by molar-refractivity contribution is 7.92. The molecule has 5 nitrogen and oxygen atoms in total. The van der Waals surface area contributed by atoms with Gasteiger partial charge in [-0.1, -0.05) is 62.7 Å². The Morgan fingerprint density at radius 2 is 1.76 bits per heavy atom. The number of halogens is 1. The molecule has 0 aliphatic carbocycles. The maximum absolute atomic E-state index is 12.1. The van der Waals surface area contributed by atoms with Gasteiger partial charge in [0.25, 0.3) is 0 Å². The number of carbonyl (C=O) groups excluding carboxylic acids is 1. The van der Waals surface area contributed by atoms with Gasteiger partial charge in [0.2, 0.25) is 15.9 Å². The fraction of sp³-hybridized carbons (Fsp3) is 0.318. The molecule has 0 aliphatic rings. The summed E-state index contributed by atoms with van der Waals surface area (Å²) in [5.41, 5.74) is 4.08. The molecule has 1 amide bonds. The standard InChI is InChI=1S/C22H27ClN2O3S/c1-15-12-17(13-19(23)21(15)25-29(5,27)28)14-24-20(26)11-8-16-6-9-18(10-7-16)22(2,3)4/h6-13,25H,14H2,1-5H3,(H,24,26). The smallest absolute Gasteiger partial charge is 0.244 e. The van der Waals surface area contributed by atoms with Gasteiger partial charge >= 0.3 is 0 Å². The Bertz CT molecular complexity index is 998. The summed E-state index contributed by atoms with van der Waals surface area (Å²) < 4.78 is 25.3. The number of carbonyl (C=O) groups is 1. The predicted molar refractivity (Wildman–Crippen MR) is 121 cm³/mol. The van der Waals surface area contributed by atoms with Gasteiger partial charge in [0.05, 0.1) is 17.0 Å². The lowest BCUT2D eigenvalue weighted by Gasteiger charge is -2.18. The van der Waals surface area contributed by atoms with Crippen LogP contribution < -0.4 is 10.0 Å². The quantitative estimate of drug-likeness (QED) is 0.650. The van der Waals surface area contributed by atoms with E-state index in [0.29, 0.717) is 11.3 Å². The van der Waals surface area contributed by atoms with Crippen LogP contribution in [0.5, 0.6) is 0 Å². The van der Waals surface area contributed by atoms with Gasteiger partial charge in [-0.3, -0.25) is 9.52 Å². The Morgan fingerprint density at radius 1 is 1.14 bits per heavy atom. The summed E-state index contributed by atoms with van der Waals surface area (Å²) in [5, 5.41) is 3.09. The van der Waals surface area contributed by atoms with E-state index in [1.165, 1.54) is 11.6 Å². The first kappa shape index (κ1) is 23.0. The van der Waals surface area contributed by atoms with Gasteiger partial charge < -0.3 is 5.32 Å². The molecule has 0 aromatic heterocycles. The van der Waals surface area contributed by atoms with Gasteiger partial charge in [-0.15, -0.1) is 0 Å². The molecular formula is C22H27ClN2O3S. The predicted octanol–water partition coefficient (Wildman–Crippen LogP) is 4.65. The van der Waals surface area contributed by atoms with Crippen molar-refractivity contribution in [2.24, 2.45) is 0 Å². The summed E-state index contributed by atoms with van der Waals surface area (Å²) >= 11 is 6.19. The van der Waals surface area contributed by atoms with E-state index < -0.39 is 10.0 Å². The molecule has 0 spiro atoms. The van der Waals surface area contributed by atoms with Crippen molar-refractivity contribution in [1.82, 2.24) is 5.32 Å². The molecule has 0 heterocycles. The average molecular weight is 435 g/mol. The van der Waals surface area contributed by atoms with Gasteiger partial charge in [-0.2, -0.15) is 0 Å².